The van der Waals surface area contributed by atoms with E-state index < -0.39 is 0 Å². The van der Waals surface area contributed by atoms with Gasteiger partial charge in [-0.05, 0) is 25.0 Å². The van der Waals surface area contributed by atoms with E-state index in [1.54, 1.807) is 13.3 Å². The van der Waals surface area contributed by atoms with Gasteiger partial charge in [0.05, 0.1) is 13.2 Å². The first kappa shape index (κ1) is 12.9. The Morgan fingerprint density at radius 1 is 1.31 bits per heavy atom. The van der Waals surface area contributed by atoms with E-state index in [1.165, 1.54) is 5.56 Å². The van der Waals surface area contributed by atoms with Gasteiger partial charge in [0.15, 0.2) is 0 Å². The average molecular weight is 224 g/mol. The fraction of sp³-hybridized carbons (Fsp3) is 0.583. The number of hydrogen-bond donors (Lipinski definition) is 1. The van der Waals surface area contributed by atoms with Crippen molar-refractivity contribution in [2.75, 3.05) is 38.8 Å². The maximum Gasteiger partial charge on any atom is 0.128 e. The van der Waals surface area contributed by atoms with Crippen LogP contribution in [0.3, 0.4) is 0 Å². The van der Waals surface area contributed by atoms with Crippen LogP contribution in [0, 0.1) is 6.92 Å². The minimum atomic E-state index is 0.660. The Labute approximate surface area is 97.0 Å². The summed E-state index contributed by atoms with van der Waals surface area (Å²) in [6, 6.07) is 3.98. The summed E-state index contributed by atoms with van der Waals surface area (Å²) in [5.74, 6) is 0.958. The van der Waals surface area contributed by atoms with Crippen LogP contribution in [0.4, 0.5) is 5.82 Å². The van der Waals surface area contributed by atoms with Crippen molar-refractivity contribution in [1.82, 2.24) is 4.98 Å². The molecule has 0 aliphatic heterocycles. The summed E-state index contributed by atoms with van der Waals surface area (Å²) in [5.41, 5.74) is 1.17. The topological polar surface area (TPSA) is 43.4 Å². The van der Waals surface area contributed by atoms with Crippen LogP contribution in [0.15, 0.2) is 18.3 Å². The summed E-state index contributed by atoms with van der Waals surface area (Å²) >= 11 is 0. The van der Waals surface area contributed by atoms with Crippen molar-refractivity contribution < 1.29 is 9.47 Å². The Bertz CT molecular complexity index is 292. The van der Waals surface area contributed by atoms with Gasteiger partial charge in [-0.15, -0.1) is 0 Å². The lowest BCUT2D eigenvalue weighted by atomic mass is 10.3. The molecule has 1 N–H and O–H groups in total. The van der Waals surface area contributed by atoms with Crippen LogP contribution >= 0.6 is 0 Å². The highest BCUT2D eigenvalue weighted by atomic mass is 16.5. The first-order valence-electron chi connectivity index (χ1n) is 5.56. The number of methoxy groups -OCH3 is 1. The van der Waals surface area contributed by atoms with Gasteiger partial charge in [-0.25, -0.2) is 4.98 Å². The summed E-state index contributed by atoms with van der Waals surface area (Å²) < 4.78 is 10.2. The normalized spacial score (nSPS) is 10.4. The molecule has 0 atom stereocenters. The molecular weight excluding hydrogens is 204 g/mol. The van der Waals surface area contributed by atoms with Crippen LogP contribution in [0.5, 0.6) is 0 Å². The molecule has 0 aromatic carbocycles. The van der Waals surface area contributed by atoms with Gasteiger partial charge in [0, 0.05) is 26.5 Å². The molecule has 0 radical (unpaired) electrons. The Hall–Kier alpha value is -1.13. The molecule has 0 bridgehead atoms. The zero-order valence-corrected chi connectivity index (χ0v) is 10.0. The van der Waals surface area contributed by atoms with E-state index in [0.717, 1.165) is 25.4 Å². The van der Waals surface area contributed by atoms with E-state index in [-0.39, 0.29) is 0 Å². The fourth-order valence-electron chi connectivity index (χ4n) is 1.30. The minimum absolute atomic E-state index is 0.660. The van der Waals surface area contributed by atoms with E-state index in [4.69, 9.17) is 9.47 Å². The van der Waals surface area contributed by atoms with Gasteiger partial charge in [0.2, 0.25) is 0 Å². The van der Waals surface area contributed by atoms with E-state index in [9.17, 15) is 0 Å². The zero-order chi connectivity index (χ0) is 11.6. The summed E-state index contributed by atoms with van der Waals surface area (Å²) in [5, 5.41) is 3.28. The van der Waals surface area contributed by atoms with Crippen molar-refractivity contribution in [3.05, 3.63) is 23.9 Å². The fourth-order valence-corrected chi connectivity index (χ4v) is 1.30. The number of nitrogens with zero attached hydrogens (tertiary/aromatic N) is 1. The molecule has 1 aromatic heterocycles. The highest BCUT2D eigenvalue weighted by Crippen LogP contribution is 2.08. The van der Waals surface area contributed by atoms with Crippen LogP contribution < -0.4 is 5.32 Å². The highest BCUT2D eigenvalue weighted by Gasteiger charge is 1.96. The molecule has 0 saturated carbocycles. The highest BCUT2D eigenvalue weighted by molar-refractivity contribution is 5.42. The summed E-state index contributed by atoms with van der Waals surface area (Å²) in [6.45, 7) is 5.00. The number of aryl methyl sites for hydroxylation is 1. The van der Waals surface area contributed by atoms with Gasteiger partial charge >= 0.3 is 0 Å². The van der Waals surface area contributed by atoms with Gasteiger partial charge in [0.1, 0.15) is 5.82 Å². The molecule has 1 aromatic rings. The largest absolute Gasteiger partial charge is 0.382 e. The molecule has 0 spiro atoms. The first-order chi connectivity index (χ1) is 7.84. The lowest BCUT2D eigenvalue weighted by molar-refractivity contribution is 0.0705. The van der Waals surface area contributed by atoms with E-state index in [1.807, 2.05) is 19.1 Å². The molecule has 4 heteroatoms. The number of rotatable bonds is 8. The minimum Gasteiger partial charge on any atom is -0.382 e. The van der Waals surface area contributed by atoms with Gasteiger partial charge in [-0.3, -0.25) is 0 Å². The summed E-state index contributed by atoms with van der Waals surface area (Å²) in [4.78, 5) is 4.25. The number of anilines is 1. The Kier molecular flexibility index (Phi) is 6.53. The van der Waals surface area contributed by atoms with Crippen molar-refractivity contribution in [3.8, 4) is 0 Å². The first-order valence-corrected chi connectivity index (χ1v) is 5.56. The molecule has 0 fully saturated rings. The van der Waals surface area contributed by atoms with Crippen LogP contribution in [-0.4, -0.2) is 38.5 Å². The third-order valence-electron chi connectivity index (χ3n) is 2.20. The maximum atomic E-state index is 5.36. The zero-order valence-electron chi connectivity index (χ0n) is 10.0. The van der Waals surface area contributed by atoms with Gasteiger partial charge in [0.25, 0.3) is 0 Å². The molecule has 0 amide bonds. The van der Waals surface area contributed by atoms with Crippen LogP contribution in [0.1, 0.15) is 12.0 Å². The van der Waals surface area contributed by atoms with Crippen LogP contribution in [-0.2, 0) is 9.47 Å². The number of aromatic nitrogens is 1. The maximum absolute atomic E-state index is 5.36. The van der Waals surface area contributed by atoms with Crippen LogP contribution in [0.2, 0.25) is 0 Å². The quantitative estimate of drug-likeness (QED) is 0.684. The van der Waals surface area contributed by atoms with Crippen molar-refractivity contribution >= 4 is 5.82 Å². The molecule has 0 saturated heterocycles. The molecule has 0 aliphatic carbocycles. The lowest BCUT2D eigenvalue weighted by Gasteiger charge is -2.08. The predicted molar refractivity (Wildman–Crippen MR) is 64.8 cm³/mol. The Balaban J connectivity index is 2.05. The standard InChI is InChI=1S/C12H20N2O2/c1-11-5-3-6-13-12(11)14-7-4-8-16-10-9-15-2/h3,5-6H,4,7-10H2,1-2H3,(H,13,14). The van der Waals surface area contributed by atoms with Crippen molar-refractivity contribution in [1.29, 1.82) is 0 Å². The van der Waals surface area contributed by atoms with Gasteiger partial charge in [-0.2, -0.15) is 0 Å². The summed E-state index contributed by atoms with van der Waals surface area (Å²) in [6.07, 6.45) is 2.77. The third-order valence-corrected chi connectivity index (χ3v) is 2.20. The number of ether oxygens (including phenoxy) is 2. The SMILES string of the molecule is COCCOCCCNc1ncccc1C. The lowest BCUT2D eigenvalue weighted by Crippen LogP contribution is -2.09. The van der Waals surface area contributed by atoms with E-state index >= 15 is 0 Å². The second kappa shape index (κ2) is 8.07. The van der Waals surface area contributed by atoms with Gasteiger partial charge < -0.3 is 14.8 Å². The number of hydrogen-bond acceptors (Lipinski definition) is 4. The average Bonchev–Trinajstić information content (AvgIpc) is 2.30. The second-order valence-electron chi connectivity index (χ2n) is 3.55. The summed E-state index contributed by atoms with van der Waals surface area (Å²) in [7, 11) is 1.68. The van der Waals surface area contributed by atoms with E-state index in [0.29, 0.717) is 13.2 Å². The molecule has 0 unspecified atom stereocenters. The van der Waals surface area contributed by atoms with E-state index in [2.05, 4.69) is 10.3 Å². The van der Waals surface area contributed by atoms with Gasteiger partial charge in [-0.1, -0.05) is 6.07 Å². The molecule has 4 nitrogen and oxygen atoms in total. The monoisotopic (exact) mass is 224 g/mol. The van der Waals surface area contributed by atoms with Crippen molar-refractivity contribution in [2.45, 2.75) is 13.3 Å². The number of pyridine rings is 1. The van der Waals surface area contributed by atoms with Crippen molar-refractivity contribution in [3.63, 3.8) is 0 Å². The Morgan fingerprint density at radius 3 is 2.94 bits per heavy atom. The number of nitrogens with one attached hydrogen (secondary N) is 1. The predicted octanol–water partition coefficient (Wildman–Crippen LogP) is 1.86. The van der Waals surface area contributed by atoms with Crippen molar-refractivity contribution in [2.24, 2.45) is 0 Å². The molecule has 16 heavy (non-hydrogen) atoms. The molecule has 90 valence electrons. The second-order valence-corrected chi connectivity index (χ2v) is 3.55. The molecule has 1 rings (SSSR count). The Morgan fingerprint density at radius 2 is 2.19 bits per heavy atom. The molecule has 1 heterocycles. The third kappa shape index (κ3) is 5.09. The smallest absolute Gasteiger partial charge is 0.128 e. The van der Waals surface area contributed by atoms with Crippen LogP contribution in [0.25, 0.3) is 0 Å². The molecular formula is C12H20N2O2. The molecule has 0 aliphatic rings.